The lowest BCUT2D eigenvalue weighted by atomic mass is 10.2. The van der Waals surface area contributed by atoms with Crippen LogP contribution in [0.25, 0.3) is 0 Å². The zero-order valence-corrected chi connectivity index (χ0v) is 8.48. The van der Waals surface area contributed by atoms with Crippen LogP contribution in [-0.4, -0.2) is 27.3 Å². The number of hydrogen-bond acceptors (Lipinski definition) is 3. The Morgan fingerprint density at radius 2 is 2.50 bits per heavy atom. The minimum absolute atomic E-state index is 0.0462. The van der Waals surface area contributed by atoms with E-state index in [0.717, 1.165) is 12.2 Å². The van der Waals surface area contributed by atoms with Gasteiger partial charge in [-0.2, -0.15) is 0 Å². The molecule has 0 radical (unpaired) electrons. The van der Waals surface area contributed by atoms with Gasteiger partial charge in [-0.1, -0.05) is 0 Å². The van der Waals surface area contributed by atoms with Gasteiger partial charge in [-0.05, 0) is 19.8 Å². The molecule has 2 rings (SSSR count). The lowest BCUT2D eigenvalue weighted by Crippen LogP contribution is -2.28. The molecular formula is C10H17N3O. The maximum Gasteiger partial charge on any atom is 0.0948 e. The monoisotopic (exact) mass is 195 g/mol. The first-order valence-electron chi connectivity index (χ1n) is 5.22. The second-order valence-corrected chi connectivity index (χ2v) is 3.78. The molecule has 0 saturated heterocycles. The summed E-state index contributed by atoms with van der Waals surface area (Å²) in [5.41, 5.74) is 1.09. The van der Waals surface area contributed by atoms with Crippen LogP contribution in [0.2, 0.25) is 0 Å². The molecule has 4 nitrogen and oxygen atoms in total. The van der Waals surface area contributed by atoms with Gasteiger partial charge in [0.05, 0.1) is 24.7 Å². The molecular weight excluding hydrogens is 178 g/mol. The molecule has 1 aliphatic rings. The fraction of sp³-hybridized carbons (Fsp3) is 0.700. The van der Waals surface area contributed by atoms with Crippen molar-refractivity contribution in [2.75, 3.05) is 6.61 Å². The summed E-state index contributed by atoms with van der Waals surface area (Å²) in [5.74, 6) is 0. The van der Waals surface area contributed by atoms with Crippen LogP contribution in [-0.2, 0) is 6.54 Å². The van der Waals surface area contributed by atoms with Gasteiger partial charge in [-0.3, -0.25) is 0 Å². The Morgan fingerprint density at radius 1 is 1.71 bits per heavy atom. The first-order chi connectivity index (χ1) is 6.85. The lowest BCUT2D eigenvalue weighted by Gasteiger charge is -2.17. The van der Waals surface area contributed by atoms with Crippen LogP contribution in [0, 0.1) is 0 Å². The zero-order valence-electron chi connectivity index (χ0n) is 8.48. The molecule has 1 aromatic heterocycles. The Morgan fingerprint density at radius 3 is 3.07 bits per heavy atom. The van der Waals surface area contributed by atoms with E-state index in [0.29, 0.717) is 6.04 Å². The Balaban J connectivity index is 2.08. The maximum atomic E-state index is 9.29. The minimum Gasteiger partial charge on any atom is -0.394 e. The van der Waals surface area contributed by atoms with E-state index < -0.39 is 0 Å². The van der Waals surface area contributed by atoms with Gasteiger partial charge in [0.25, 0.3) is 0 Å². The Kier molecular flexibility index (Phi) is 2.84. The second-order valence-electron chi connectivity index (χ2n) is 3.78. The van der Waals surface area contributed by atoms with Crippen LogP contribution < -0.4 is 5.32 Å². The van der Waals surface area contributed by atoms with Crippen LogP contribution in [0.3, 0.4) is 0 Å². The number of aromatic nitrogens is 2. The largest absolute Gasteiger partial charge is 0.394 e. The SMILES string of the molecule is CCn1cncc1C(CO)NC1CC1. The predicted octanol–water partition coefficient (Wildman–Crippen LogP) is 0.688. The standard InChI is InChI=1S/C10H17N3O/c1-2-13-7-11-5-10(13)9(6-14)12-8-3-4-8/h5,7-9,12,14H,2-4,6H2,1H3. The van der Waals surface area contributed by atoms with Gasteiger partial charge >= 0.3 is 0 Å². The number of hydrogen-bond donors (Lipinski definition) is 2. The summed E-state index contributed by atoms with van der Waals surface area (Å²) < 4.78 is 2.07. The van der Waals surface area contributed by atoms with Crippen molar-refractivity contribution in [2.24, 2.45) is 0 Å². The predicted molar refractivity (Wildman–Crippen MR) is 53.9 cm³/mol. The van der Waals surface area contributed by atoms with Crippen molar-refractivity contribution in [2.45, 2.75) is 38.4 Å². The van der Waals surface area contributed by atoms with Crippen LogP contribution in [0.5, 0.6) is 0 Å². The van der Waals surface area contributed by atoms with Crippen molar-refractivity contribution in [1.29, 1.82) is 0 Å². The number of aryl methyl sites for hydroxylation is 1. The summed E-state index contributed by atoms with van der Waals surface area (Å²) in [6, 6.07) is 0.650. The van der Waals surface area contributed by atoms with Gasteiger partial charge < -0.3 is 15.0 Å². The van der Waals surface area contributed by atoms with Gasteiger partial charge in [0.1, 0.15) is 0 Å². The number of aliphatic hydroxyl groups is 1. The highest BCUT2D eigenvalue weighted by atomic mass is 16.3. The smallest absolute Gasteiger partial charge is 0.0948 e. The number of rotatable bonds is 5. The highest BCUT2D eigenvalue weighted by Crippen LogP contribution is 2.23. The van der Waals surface area contributed by atoms with E-state index in [2.05, 4.69) is 21.8 Å². The zero-order chi connectivity index (χ0) is 9.97. The van der Waals surface area contributed by atoms with E-state index >= 15 is 0 Å². The summed E-state index contributed by atoms with van der Waals surface area (Å²) >= 11 is 0. The number of aliphatic hydroxyl groups excluding tert-OH is 1. The van der Waals surface area contributed by atoms with Gasteiger partial charge in [-0.15, -0.1) is 0 Å². The minimum atomic E-state index is 0.0462. The third kappa shape index (κ3) is 1.96. The molecule has 78 valence electrons. The summed E-state index contributed by atoms with van der Waals surface area (Å²) in [4.78, 5) is 4.10. The molecule has 14 heavy (non-hydrogen) atoms. The van der Waals surface area contributed by atoms with Crippen LogP contribution in [0.15, 0.2) is 12.5 Å². The molecule has 0 aliphatic heterocycles. The molecule has 1 aliphatic carbocycles. The van der Waals surface area contributed by atoms with Crippen molar-refractivity contribution in [1.82, 2.24) is 14.9 Å². The van der Waals surface area contributed by atoms with Crippen molar-refractivity contribution in [3.05, 3.63) is 18.2 Å². The summed E-state index contributed by atoms with van der Waals surface area (Å²) in [6.45, 7) is 3.12. The lowest BCUT2D eigenvalue weighted by molar-refractivity contribution is 0.238. The second kappa shape index (κ2) is 4.11. The van der Waals surface area contributed by atoms with E-state index in [4.69, 9.17) is 0 Å². The van der Waals surface area contributed by atoms with Crippen molar-refractivity contribution < 1.29 is 5.11 Å². The molecule has 1 heterocycles. The van der Waals surface area contributed by atoms with Crippen molar-refractivity contribution in [3.8, 4) is 0 Å². The van der Waals surface area contributed by atoms with Crippen LogP contribution >= 0.6 is 0 Å². The van der Waals surface area contributed by atoms with E-state index in [1.165, 1.54) is 12.8 Å². The first kappa shape index (κ1) is 9.68. The molecule has 1 unspecified atom stereocenters. The highest BCUT2D eigenvalue weighted by Gasteiger charge is 2.26. The first-order valence-corrected chi connectivity index (χ1v) is 5.22. The van der Waals surface area contributed by atoms with Crippen LogP contribution in [0.4, 0.5) is 0 Å². The highest BCUT2D eigenvalue weighted by molar-refractivity contribution is 5.07. The molecule has 2 N–H and O–H groups in total. The fourth-order valence-corrected chi connectivity index (χ4v) is 1.65. The van der Waals surface area contributed by atoms with Crippen molar-refractivity contribution >= 4 is 0 Å². The molecule has 0 bridgehead atoms. The number of imidazole rings is 1. The van der Waals surface area contributed by atoms with Gasteiger partial charge in [0.2, 0.25) is 0 Å². The average molecular weight is 195 g/mol. The van der Waals surface area contributed by atoms with E-state index in [-0.39, 0.29) is 12.6 Å². The Bertz CT molecular complexity index is 293. The molecule has 1 saturated carbocycles. The van der Waals surface area contributed by atoms with Gasteiger partial charge in [0, 0.05) is 18.8 Å². The number of nitrogens with one attached hydrogen (secondary N) is 1. The fourth-order valence-electron chi connectivity index (χ4n) is 1.65. The van der Waals surface area contributed by atoms with Crippen LogP contribution in [0.1, 0.15) is 31.5 Å². The summed E-state index contributed by atoms with van der Waals surface area (Å²) in [7, 11) is 0. The maximum absolute atomic E-state index is 9.29. The van der Waals surface area contributed by atoms with Gasteiger partial charge in [-0.25, -0.2) is 4.98 Å². The molecule has 1 aromatic rings. The van der Waals surface area contributed by atoms with E-state index in [1.807, 2.05) is 12.5 Å². The molecule has 0 spiro atoms. The summed E-state index contributed by atoms with van der Waals surface area (Å²) in [6.07, 6.45) is 6.11. The summed E-state index contributed by atoms with van der Waals surface area (Å²) in [5, 5.41) is 12.7. The van der Waals surface area contributed by atoms with E-state index in [9.17, 15) is 5.11 Å². The molecule has 1 fully saturated rings. The molecule has 4 heteroatoms. The van der Waals surface area contributed by atoms with Crippen molar-refractivity contribution in [3.63, 3.8) is 0 Å². The normalized spacial score (nSPS) is 18.4. The topological polar surface area (TPSA) is 50.1 Å². The molecule has 0 amide bonds. The molecule has 0 aromatic carbocycles. The Labute approximate surface area is 84.0 Å². The third-order valence-electron chi connectivity index (χ3n) is 2.64. The number of nitrogens with zero attached hydrogens (tertiary/aromatic N) is 2. The van der Waals surface area contributed by atoms with Gasteiger partial charge in [0.15, 0.2) is 0 Å². The van der Waals surface area contributed by atoms with E-state index in [1.54, 1.807) is 0 Å². The average Bonchev–Trinajstić information content (AvgIpc) is 2.90. The third-order valence-corrected chi connectivity index (χ3v) is 2.64. The Hall–Kier alpha value is -0.870. The molecule has 1 atom stereocenters. The quantitative estimate of drug-likeness (QED) is 0.726.